The Bertz CT molecular complexity index is 723. The molecule has 24 heavy (non-hydrogen) atoms. The average Bonchev–Trinajstić information content (AvgIpc) is 2.99. The van der Waals surface area contributed by atoms with Gasteiger partial charge in [0.05, 0.1) is 13.7 Å². The zero-order valence-electron chi connectivity index (χ0n) is 13.9. The van der Waals surface area contributed by atoms with Gasteiger partial charge in [0.15, 0.2) is 0 Å². The summed E-state index contributed by atoms with van der Waals surface area (Å²) in [5, 5.41) is 8.80. The summed E-state index contributed by atoms with van der Waals surface area (Å²) < 4.78 is 6.98. The van der Waals surface area contributed by atoms with Crippen LogP contribution in [0.1, 0.15) is 35.8 Å². The molecule has 0 spiro atoms. The van der Waals surface area contributed by atoms with Gasteiger partial charge < -0.3 is 9.64 Å². The van der Waals surface area contributed by atoms with Gasteiger partial charge in [-0.3, -0.25) is 4.79 Å². The van der Waals surface area contributed by atoms with Crippen molar-refractivity contribution >= 4 is 17.5 Å². The van der Waals surface area contributed by atoms with Gasteiger partial charge in [0.2, 0.25) is 11.6 Å². The molecule has 0 atom stereocenters. The topological polar surface area (TPSA) is 60.2 Å². The number of benzene rings is 1. The number of amides is 1. The van der Waals surface area contributed by atoms with E-state index in [4.69, 9.17) is 16.3 Å². The molecule has 1 saturated heterocycles. The highest BCUT2D eigenvalue weighted by Crippen LogP contribution is 2.24. The first-order valence-electron chi connectivity index (χ1n) is 8.10. The van der Waals surface area contributed by atoms with E-state index in [1.165, 1.54) is 7.11 Å². The summed E-state index contributed by atoms with van der Waals surface area (Å²) in [5.41, 5.74) is 1.16. The van der Waals surface area contributed by atoms with Crippen LogP contribution < -0.4 is 4.74 Å². The lowest BCUT2D eigenvalue weighted by Gasteiger charge is -2.29. The third-order valence-corrected chi connectivity index (χ3v) is 4.80. The van der Waals surface area contributed by atoms with Crippen LogP contribution >= 0.6 is 11.6 Å². The number of hydrogen-bond acceptors (Lipinski definition) is 4. The summed E-state index contributed by atoms with van der Waals surface area (Å²) >= 11 is 6.20. The summed E-state index contributed by atoms with van der Waals surface area (Å²) in [6.45, 7) is 4.11. The van der Waals surface area contributed by atoms with Gasteiger partial charge in [0, 0.05) is 18.1 Å². The van der Waals surface area contributed by atoms with E-state index >= 15 is 0 Å². The summed E-state index contributed by atoms with van der Waals surface area (Å²) in [6.07, 6.45) is 2.03. The highest BCUT2D eigenvalue weighted by Gasteiger charge is 2.28. The van der Waals surface area contributed by atoms with Crippen LogP contribution in [0, 0.1) is 5.92 Å². The molecular weight excluding hydrogens is 328 g/mol. The Morgan fingerprint density at radius 1 is 1.33 bits per heavy atom. The van der Waals surface area contributed by atoms with E-state index in [1.54, 1.807) is 4.68 Å². The molecule has 0 unspecified atom stereocenters. The molecule has 128 valence electrons. The molecule has 0 N–H and O–H groups in total. The predicted molar refractivity (Wildman–Crippen MR) is 91.4 cm³/mol. The number of methoxy groups -OCH3 is 1. The number of carbonyl (C=O) groups is 1. The number of aromatic nitrogens is 3. The Balaban J connectivity index is 1.82. The Labute approximate surface area is 146 Å². The Morgan fingerprint density at radius 2 is 2.04 bits per heavy atom. The zero-order valence-corrected chi connectivity index (χ0v) is 14.7. The van der Waals surface area contributed by atoms with Gasteiger partial charge in [-0.2, -0.15) is 0 Å². The van der Waals surface area contributed by atoms with Crippen LogP contribution in [0.4, 0.5) is 0 Å². The lowest BCUT2D eigenvalue weighted by molar-refractivity contribution is 0.0687. The first-order valence-corrected chi connectivity index (χ1v) is 8.48. The Hall–Kier alpha value is -2.08. The van der Waals surface area contributed by atoms with Crippen molar-refractivity contribution in [2.24, 2.45) is 5.92 Å². The fourth-order valence-electron chi connectivity index (χ4n) is 2.89. The van der Waals surface area contributed by atoms with Crippen molar-refractivity contribution < 1.29 is 9.53 Å². The molecule has 1 aliphatic heterocycles. The molecule has 0 aliphatic carbocycles. The van der Waals surface area contributed by atoms with Gasteiger partial charge in [-0.25, -0.2) is 4.68 Å². The molecule has 0 bridgehead atoms. The van der Waals surface area contributed by atoms with E-state index < -0.39 is 0 Å². The minimum atomic E-state index is -0.121. The monoisotopic (exact) mass is 348 g/mol. The van der Waals surface area contributed by atoms with Crippen LogP contribution in [-0.2, 0) is 6.54 Å². The summed E-state index contributed by atoms with van der Waals surface area (Å²) in [6, 6.07) is 7.51. The van der Waals surface area contributed by atoms with Gasteiger partial charge in [-0.05, 0) is 30.4 Å². The molecule has 6 nitrogen and oxygen atoms in total. The van der Waals surface area contributed by atoms with Crippen molar-refractivity contribution in [3.63, 3.8) is 0 Å². The van der Waals surface area contributed by atoms with Crippen molar-refractivity contribution in [3.05, 3.63) is 40.5 Å². The standard InChI is InChI=1S/C17H21ClN4O2/c1-12-7-9-21(10-8-12)16(23)15-17(24-2)22(20-19-15)11-13-5-3-4-6-14(13)18/h3-6,12H,7-11H2,1-2H3. The quantitative estimate of drug-likeness (QED) is 0.852. The average molecular weight is 349 g/mol. The number of likely N-dealkylation sites (tertiary alicyclic amines) is 1. The number of rotatable bonds is 4. The third kappa shape index (κ3) is 3.38. The molecule has 1 aromatic heterocycles. The SMILES string of the molecule is COc1c(C(=O)N2CCC(C)CC2)nnn1Cc1ccccc1Cl. The third-order valence-electron chi connectivity index (χ3n) is 4.43. The number of nitrogens with zero attached hydrogens (tertiary/aromatic N) is 4. The molecule has 2 aromatic rings. The van der Waals surface area contributed by atoms with Crippen LogP contribution in [0.15, 0.2) is 24.3 Å². The molecule has 2 heterocycles. The molecule has 1 aliphatic rings. The number of piperidine rings is 1. The van der Waals surface area contributed by atoms with E-state index in [-0.39, 0.29) is 11.6 Å². The van der Waals surface area contributed by atoms with Crippen molar-refractivity contribution in [2.45, 2.75) is 26.3 Å². The smallest absolute Gasteiger partial charge is 0.280 e. The second-order valence-corrected chi connectivity index (χ2v) is 6.58. The van der Waals surface area contributed by atoms with Gasteiger partial charge in [-0.1, -0.05) is 41.9 Å². The maximum atomic E-state index is 12.7. The van der Waals surface area contributed by atoms with E-state index in [0.717, 1.165) is 31.5 Å². The van der Waals surface area contributed by atoms with E-state index in [2.05, 4.69) is 17.2 Å². The van der Waals surface area contributed by atoms with E-state index in [1.807, 2.05) is 29.2 Å². The highest BCUT2D eigenvalue weighted by atomic mass is 35.5. The molecule has 1 fully saturated rings. The Kier molecular flexibility index (Phi) is 5.04. The summed E-state index contributed by atoms with van der Waals surface area (Å²) in [5.74, 6) is 0.912. The summed E-state index contributed by atoms with van der Waals surface area (Å²) in [4.78, 5) is 14.5. The van der Waals surface area contributed by atoms with Crippen molar-refractivity contribution in [1.82, 2.24) is 19.9 Å². The second kappa shape index (κ2) is 7.21. The second-order valence-electron chi connectivity index (χ2n) is 6.17. The molecule has 3 rings (SSSR count). The number of ether oxygens (including phenoxy) is 1. The van der Waals surface area contributed by atoms with Crippen LogP contribution in [0.2, 0.25) is 5.02 Å². The van der Waals surface area contributed by atoms with E-state index in [0.29, 0.717) is 23.4 Å². The van der Waals surface area contributed by atoms with E-state index in [9.17, 15) is 4.79 Å². The fraction of sp³-hybridized carbons (Fsp3) is 0.471. The van der Waals surface area contributed by atoms with Crippen molar-refractivity contribution in [1.29, 1.82) is 0 Å². The van der Waals surface area contributed by atoms with Crippen LogP contribution in [0.25, 0.3) is 0 Å². The molecule has 7 heteroatoms. The van der Waals surface area contributed by atoms with Gasteiger partial charge >= 0.3 is 0 Å². The predicted octanol–water partition coefficient (Wildman–Crippen LogP) is 2.86. The first kappa shape index (κ1) is 16.8. The lowest BCUT2D eigenvalue weighted by Crippen LogP contribution is -2.38. The van der Waals surface area contributed by atoms with Crippen LogP contribution in [0.3, 0.4) is 0 Å². The minimum absolute atomic E-state index is 0.121. The largest absolute Gasteiger partial charge is 0.479 e. The molecule has 1 amide bonds. The molecule has 0 saturated carbocycles. The molecule has 1 aromatic carbocycles. The first-order chi connectivity index (χ1) is 11.6. The normalized spacial score (nSPS) is 15.5. The number of halogens is 1. The highest BCUT2D eigenvalue weighted by molar-refractivity contribution is 6.31. The fourth-order valence-corrected chi connectivity index (χ4v) is 3.09. The molecular formula is C17H21ClN4O2. The maximum Gasteiger partial charge on any atom is 0.280 e. The number of carbonyl (C=O) groups excluding carboxylic acids is 1. The van der Waals surface area contributed by atoms with Gasteiger partial charge in [0.25, 0.3) is 5.91 Å². The van der Waals surface area contributed by atoms with Crippen molar-refractivity contribution in [2.75, 3.05) is 20.2 Å². The zero-order chi connectivity index (χ0) is 17.1. The molecule has 0 radical (unpaired) electrons. The maximum absolute atomic E-state index is 12.7. The number of hydrogen-bond donors (Lipinski definition) is 0. The van der Waals surface area contributed by atoms with Crippen LogP contribution in [0.5, 0.6) is 5.88 Å². The summed E-state index contributed by atoms with van der Waals surface area (Å²) in [7, 11) is 1.52. The Morgan fingerprint density at radius 3 is 2.71 bits per heavy atom. The van der Waals surface area contributed by atoms with Crippen molar-refractivity contribution in [3.8, 4) is 5.88 Å². The minimum Gasteiger partial charge on any atom is -0.479 e. The van der Waals surface area contributed by atoms with Gasteiger partial charge in [-0.15, -0.1) is 5.10 Å². The van der Waals surface area contributed by atoms with Gasteiger partial charge in [0.1, 0.15) is 0 Å². The lowest BCUT2D eigenvalue weighted by atomic mass is 9.99. The van der Waals surface area contributed by atoms with Crippen LogP contribution in [-0.4, -0.2) is 46.0 Å².